The first-order chi connectivity index (χ1) is 7.74. The zero-order chi connectivity index (χ0) is 11.4. The van der Waals surface area contributed by atoms with Crippen molar-refractivity contribution >= 4 is 0 Å². The maximum absolute atomic E-state index is 8.82. The minimum Gasteiger partial charge on any atom is -0.396 e. The van der Waals surface area contributed by atoms with Crippen molar-refractivity contribution < 1.29 is 9.84 Å². The lowest BCUT2D eigenvalue weighted by Crippen LogP contribution is -2.31. The van der Waals surface area contributed by atoms with Gasteiger partial charge in [-0.3, -0.25) is 0 Å². The van der Waals surface area contributed by atoms with Crippen LogP contribution in [0, 0.1) is 5.92 Å². The Balaban J connectivity index is 1.70. The van der Waals surface area contributed by atoms with Gasteiger partial charge in [-0.05, 0) is 24.3 Å². The van der Waals surface area contributed by atoms with Gasteiger partial charge in [0, 0.05) is 12.1 Å². The summed E-state index contributed by atoms with van der Waals surface area (Å²) >= 11 is 0. The van der Waals surface area contributed by atoms with E-state index < -0.39 is 0 Å². The normalized spacial score (nSPS) is 28.0. The second kappa shape index (κ2) is 4.95. The molecule has 0 spiro atoms. The average molecular weight is 221 g/mol. The van der Waals surface area contributed by atoms with Gasteiger partial charge >= 0.3 is 0 Å². The van der Waals surface area contributed by atoms with Crippen LogP contribution in [0.2, 0.25) is 0 Å². The molecular weight excluding hydrogens is 202 g/mol. The summed E-state index contributed by atoms with van der Waals surface area (Å²) in [6.45, 7) is 1.43. The van der Waals surface area contributed by atoms with Crippen LogP contribution < -0.4 is 5.73 Å². The summed E-state index contributed by atoms with van der Waals surface area (Å²) in [7, 11) is 0. The summed E-state index contributed by atoms with van der Waals surface area (Å²) in [4.78, 5) is 0. The summed E-state index contributed by atoms with van der Waals surface area (Å²) in [5, 5.41) is 8.82. The molecule has 1 saturated carbocycles. The van der Waals surface area contributed by atoms with E-state index in [4.69, 9.17) is 15.6 Å². The van der Waals surface area contributed by atoms with E-state index in [1.807, 2.05) is 30.3 Å². The molecule has 0 saturated heterocycles. The number of nitrogens with two attached hydrogens (primary N) is 1. The van der Waals surface area contributed by atoms with Crippen molar-refractivity contribution in [3.05, 3.63) is 35.9 Å². The highest BCUT2D eigenvalue weighted by Gasteiger charge is 2.50. The summed E-state index contributed by atoms with van der Waals surface area (Å²) < 4.78 is 5.62. The second-order valence-electron chi connectivity index (χ2n) is 4.62. The van der Waals surface area contributed by atoms with E-state index in [-0.39, 0.29) is 12.1 Å². The van der Waals surface area contributed by atoms with Crippen LogP contribution in [0.5, 0.6) is 0 Å². The van der Waals surface area contributed by atoms with Crippen molar-refractivity contribution in [1.29, 1.82) is 0 Å². The Morgan fingerprint density at radius 1 is 1.38 bits per heavy atom. The number of ether oxygens (including phenoxy) is 1. The highest BCUT2D eigenvalue weighted by atomic mass is 16.5. The fourth-order valence-corrected chi connectivity index (χ4v) is 2.06. The zero-order valence-corrected chi connectivity index (χ0v) is 9.43. The monoisotopic (exact) mass is 221 g/mol. The molecule has 1 aliphatic rings. The number of hydrogen-bond acceptors (Lipinski definition) is 3. The van der Waals surface area contributed by atoms with Gasteiger partial charge in [-0.1, -0.05) is 30.3 Å². The first-order valence-electron chi connectivity index (χ1n) is 5.76. The van der Waals surface area contributed by atoms with E-state index in [1.54, 1.807) is 0 Å². The summed E-state index contributed by atoms with van der Waals surface area (Å²) in [5.74, 6) is 0.438. The number of aliphatic hydroxyl groups is 1. The number of benzene rings is 1. The van der Waals surface area contributed by atoms with Crippen molar-refractivity contribution in [3.63, 3.8) is 0 Å². The van der Waals surface area contributed by atoms with Crippen molar-refractivity contribution in [2.24, 2.45) is 11.7 Å². The Kier molecular flexibility index (Phi) is 3.59. The molecule has 16 heavy (non-hydrogen) atoms. The topological polar surface area (TPSA) is 55.5 Å². The molecule has 3 N–H and O–H groups in total. The number of hydrogen-bond donors (Lipinski definition) is 2. The zero-order valence-electron chi connectivity index (χ0n) is 9.43. The largest absolute Gasteiger partial charge is 0.396 e. The molecule has 0 radical (unpaired) electrons. The Bertz CT molecular complexity index is 328. The van der Waals surface area contributed by atoms with Crippen molar-refractivity contribution in [3.8, 4) is 0 Å². The average Bonchev–Trinajstić information content (AvgIpc) is 2.91. The molecule has 1 aliphatic carbocycles. The molecule has 2 atom stereocenters. The van der Waals surface area contributed by atoms with Gasteiger partial charge in [0.05, 0.1) is 13.2 Å². The van der Waals surface area contributed by atoms with Crippen LogP contribution in [-0.4, -0.2) is 23.9 Å². The maximum Gasteiger partial charge on any atom is 0.0717 e. The molecule has 3 nitrogen and oxygen atoms in total. The van der Waals surface area contributed by atoms with E-state index in [0.29, 0.717) is 19.1 Å². The first kappa shape index (κ1) is 11.6. The van der Waals surface area contributed by atoms with E-state index >= 15 is 0 Å². The van der Waals surface area contributed by atoms with Gasteiger partial charge in [-0.2, -0.15) is 0 Å². The maximum atomic E-state index is 8.82. The molecule has 0 heterocycles. The quantitative estimate of drug-likeness (QED) is 0.761. The van der Waals surface area contributed by atoms with E-state index in [9.17, 15) is 0 Å². The highest BCUT2D eigenvalue weighted by molar-refractivity contribution is 5.14. The van der Waals surface area contributed by atoms with Gasteiger partial charge in [0.1, 0.15) is 0 Å². The Labute approximate surface area is 96.2 Å². The fraction of sp³-hybridized carbons (Fsp3) is 0.538. The van der Waals surface area contributed by atoms with Crippen LogP contribution in [0.1, 0.15) is 18.4 Å². The molecule has 1 aromatic carbocycles. The van der Waals surface area contributed by atoms with Gasteiger partial charge < -0.3 is 15.6 Å². The van der Waals surface area contributed by atoms with E-state index in [2.05, 4.69) is 0 Å². The summed E-state index contributed by atoms with van der Waals surface area (Å²) in [5.41, 5.74) is 7.09. The van der Waals surface area contributed by atoms with Crippen molar-refractivity contribution in [2.45, 2.75) is 25.0 Å². The van der Waals surface area contributed by atoms with Gasteiger partial charge in [0.2, 0.25) is 0 Å². The van der Waals surface area contributed by atoms with Gasteiger partial charge in [0.25, 0.3) is 0 Å². The van der Waals surface area contributed by atoms with E-state index in [1.165, 1.54) is 5.56 Å². The second-order valence-corrected chi connectivity index (χ2v) is 4.62. The van der Waals surface area contributed by atoms with Crippen molar-refractivity contribution in [2.75, 3.05) is 13.2 Å². The fourth-order valence-electron chi connectivity index (χ4n) is 2.06. The number of rotatable bonds is 6. The molecule has 3 heteroatoms. The van der Waals surface area contributed by atoms with Crippen LogP contribution in [-0.2, 0) is 11.3 Å². The molecule has 0 aliphatic heterocycles. The SMILES string of the molecule is N[C@]1(COCc2ccccc2)C[C@@H]1CCO. The van der Waals surface area contributed by atoms with Gasteiger partial charge in [0.15, 0.2) is 0 Å². The standard InChI is InChI=1S/C13H19NO2/c14-13(8-12(13)6-7-15)10-16-9-11-4-2-1-3-5-11/h1-5,12,15H,6-10,14H2/t12-,13-/m0/s1. The molecule has 88 valence electrons. The molecule has 1 aromatic rings. The Hall–Kier alpha value is -0.900. The van der Waals surface area contributed by atoms with Crippen LogP contribution >= 0.6 is 0 Å². The molecule has 0 bridgehead atoms. The minimum absolute atomic E-state index is 0.183. The lowest BCUT2D eigenvalue weighted by atomic mass is 10.2. The predicted octanol–water partition coefficient (Wildman–Crippen LogP) is 1.30. The minimum atomic E-state index is -0.183. The van der Waals surface area contributed by atoms with Crippen LogP contribution in [0.4, 0.5) is 0 Å². The molecular formula is C13H19NO2. The van der Waals surface area contributed by atoms with Gasteiger partial charge in [-0.15, -0.1) is 0 Å². The lowest BCUT2D eigenvalue weighted by Gasteiger charge is -2.12. The molecule has 2 rings (SSSR count). The lowest BCUT2D eigenvalue weighted by molar-refractivity contribution is 0.0965. The van der Waals surface area contributed by atoms with Crippen LogP contribution in [0.15, 0.2) is 30.3 Å². The van der Waals surface area contributed by atoms with Crippen LogP contribution in [0.25, 0.3) is 0 Å². The first-order valence-corrected chi connectivity index (χ1v) is 5.76. The third kappa shape index (κ3) is 2.82. The van der Waals surface area contributed by atoms with Crippen LogP contribution in [0.3, 0.4) is 0 Å². The number of aliphatic hydroxyl groups excluding tert-OH is 1. The Morgan fingerprint density at radius 3 is 2.81 bits per heavy atom. The predicted molar refractivity (Wildman–Crippen MR) is 62.8 cm³/mol. The Morgan fingerprint density at radius 2 is 2.12 bits per heavy atom. The highest BCUT2D eigenvalue weighted by Crippen LogP contribution is 2.43. The summed E-state index contributed by atoms with van der Waals surface area (Å²) in [6, 6.07) is 10.1. The van der Waals surface area contributed by atoms with E-state index in [0.717, 1.165) is 12.8 Å². The smallest absolute Gasteiger partial charge is 0.0717 e. The molecule has 1 fully saturated rings. The molecule has 0 unspecified atom stereocenters. The van der Waals surface area contributed by atoms with Crippen molar-refractivity contribution in [1.82, 2.24) is 0 Å². The summed E-state index contributed by atoms with van der Waals surface area (Å²) in [6.07, 6.45) is 1.77. The van der Waals surface area contributed by atoms with Gasteiger partial charge in [-0.25, -0.2) is 0 Å². The molecule has 0 aromatic heterocycles. The third-order valence-corrected chi connectivity index (χ3v) is 3.24. The third-order valence-electron chi connectivity index (χ3n) is 3.24. The molecule has 0 amide bonds.